The van der Waals surface area contributed by atoms with Crippen LogP contribution in [0.25, 0.3) is 17.0 Å². The van der Waals surface area contributed by atoms with Gasteiger partial charge in [-0.25, -0.2) is 48.3 Å². The highest BCUT2D eigenvalue weighted by Gasteiger charge is 2.17. The van der Waals surface area contributed by atoms with Crippen molar-refractivity contribution < 1.29 is 85.5 Å². The first-order valence-electron chi connectivity index (χ1n) is 43.2. The van der Waals surface area contributed by atoms with Crippen molar-refractivity contribution in [2.45, 2.75) is 129 Å². The molecule has 0 aliphatic carbocycles. The fourth-order valence-electron chi connectivity index (χ4n) is 11.2. The molecule has 0 atom stereocenters. The molecule has 7 aromatic heterocycles. The molecule has 4 aromatic carbocycles. The summed E-state index contributed by atoms with van der Waals surface area (Å²) in [6.45, 7) is 33.7. The highest BCUT2D eigenvalue weighted by Crippen LogP contribution is 2.23. The number of hydrogen-bond donors (Lipinski definition) is 5. The molecule has 11 rings (SSSR count). The molecule has 0 aliphatic rings. The van der Waals surface area contributed by atoms with Crippen molar-refractivity contribution in [1.29, 1.82) is 0 Å². The SMILES string of the molecule is C=C(OCC)c1cc(NC)no1.CCOC(=O)c1cc(C)nc(CC)c1.CCOC(=O)c1cc(NC)nn1C.CCOC(=O)c1cccc(CC)c1.CCOC(=O)c1cccc(N(C)C)c1.CCOC(=O)c1ccnc(CC)c1.CCc1cc(C)cc(C(=O)OC)c1.CCn1cc(NC)cc1C(=O)OC.CNc1cc(C(=O)OC)n(C)c1.CNc1cccc(-c2ccnc(C)n2)c1. The van der Waals surface area contributed by atoms with E-state index in [-0.39, 0.29) is 47.8 Å². The number of aromatic nitrogens is 9. The third kappa shape index (κ3) is 40.8. The fraction of sp³-hybridized carbons (Fsp3) is 0.374. The van der Waals surface area contributed by atoms with Crippen molar-refractivity contribution in [2.24, 2.45) is 14.1 Å². The molecular weight excluding hydrogens is 1690 g/mol. The number of carbonyl (C=O) groups excluding carboxylic acids is 8. The highest BCUT2D eigenvalue weighted by molar-refractivity contribution is 5.93. The van der Waals surface area contributed by atoms with E-state index in [0.717, 1.165) is 100 Å². The van der Waals surface area contributed by atoms with E-state index in [1.54, 1.807) is 141 Å². The Morgan fingerprint density at radius 3 is 1.43 bits per heavy atom. The zero-order valence-corrected chi connectivity index (χ0v) is 81.5. The largest absolute Gasteiger partial charge is 0.490 e. The van der Waals surface area contributed by atoms with E-state index in [2.05, 4.69) is 104 Å². The second-order valence-electron chi connectivity index (χ2n) is 27.8. The van der Waals surface area contributed by atoms with Crippen LogP contribution in [0.2, 0.25) is 0 Å². The predicted molar refractivity (Wildman–Crippen MR) is 519 cm³/mol. The Balaban J connectivity index is 0.000000497. The minimum Gasteiger partial charge on any atom is -0.490 e. The van der Waals surface area contributed by atoms with E-state index in [0.29, 0.717) is 108 Å². The molecule has 0 radical (unpaired) electrons. The number of carbonyl (C=O) groups is 8. The van der Waals surface area contributed by atoms with E-state index < -0.39 is 0 Å². The van der Waals surface area contributed by atoms with Crippen LogP contribution in [0, 0.1) is 20.8 Å². The average Bonchev–Trinajstić information content (AvgIpc) is 1.67. The highest BCUT2D eigenvalue weighted by atomic mass is 16.6. The van der Waals surface area contributed by atoms with Crippen LogP contribution in [-0.4, -0.2) is 202 Å². The summed E-state index contributed by atoms with van der Waals surface area (Å²) in [5.74, 6) is 0.896. The summed E-state index contributed by atoms with van der Waals surface area (Å²) in [5, 5.41) is 22.5. The lowest BCUT2D eigenvalue weighted by Gasteiger charge is -2.12. The van der Waals surface area contributed by atoms with Gasteiger partial charge in [0.15, 0.2) is 11.6 Å². The summed E-state index contributed by atoms with van der Waals surface area (Å²) in [7, 11) is 20.6. The molecule has 0 spiro atoms. The topological polar surface area (TPSA) is 388 Å². The van der Waals surface area contributed by atoms with Gasteiger partial charge in [-0.2, -0.15) is 5.10 Å². The number of pyridine rings is 2. The predicted octanol–water partition coefficient (Wildman–Crippen LogP) is 17.7. The fourth-order valence-corrected chi connectivity index (χ4v) is 11.2. The van der Waals surface area contributed by atoms with Crippen molar-refractivity contribution in [1.82, 2.24) is 44.0 Å². The van der Waals surface area contributed by atoms with Gasteiger partial charge in [0.25, 0.3) is 0 Å². The van der Waals surface area contributed by atoms with Gasteiger partial charge in [0, 0.05) is 141 Å². The summed E-state index contributed by atoms with van der Waals surface area (Å²) in [6, 6.07) is 44.6. The van der Waals surface area contributed by atoms with E-state index in [4.69, 9.17) is 32.9 Å². The molecule has 0 saturated carbocycles. The van der Waals surface area contributed by atoms with Gasteiger partial charge in [-0.05, 0) is 203 Å². The van der Waals surface area contributed by atoms with Gasteiger partial charge in [0.05, 0.1) is 106 Å². The number of aryl methyl sites for hydroxylation is 10. The zero-order valence-electron chi connectivity index (χ0n) is 81.5. The normalized spacial score (nSPS) is 9.74. The molecular formula is C99H135N15O18. The number of nitrogens with one attached hydrogen (secondary N) is 5. The lowest BCUT2D eigenvalue weighted by atomic mass is 10.1. The smallest absolute Gasteiger partial charge is 0.356 e. The van der Waals surface area contributed by atoms with Crippen molar-refractivity contribution >= 4 is 87.9 Å². The molecule has 0 unspecified atom stereocenters. The lowest BCUT2D eigenvalue weighted by molar-refractivity contribution is 0.0506. The summed E-state index contributed by atoms with van der Waals surface area (Å²) in [4.78, 5) is 109. The number of methoxy groups -OCH3 is 3. The van der Waals surface area contributed by atoms with Crippen LogP contribution in [0.15, 0.2) is 181 Å². The van der Waals surface area contributed by atoms with Gasteiger partial charge in [-0.15, -0.1) is 0 Å². The van der Waals surface area contributed by atoms with Crippen LogP contribution in [0.1, 0.15) is 205 Å². The zero-order chi connectivity index (χ0) is 98.8. The Morgan fingerprint density at radius 2 is 0.924 bits per heavy atom. The first kappa shape index (κ1) is 113. The monoisotopic (exact) mass is 1820 g/mol. The van der Waals surface area contributed by atoms with Gasteiger partial charge in [-0.3, -0.25) is 14.6 Å². The van der Waals surface area contributed by atoms with Crippen LogP contribution in [0.3, 0.4) is 0 Å². The third-order valence-electron chi connectivity index (χ3n) is 18.1. The second kappa shape index (κ2) is 63.3. The second-order valence-corrected chi connectivity index (χ2v) is 27.8. The summed E-state index contributed by atoms with van der Waals surface area (Å²) >= 11 is 0. The Kier molecular flexibility index (Phi) is 54.4. The number of rotatable bonds is 28. The molecule has 33 heteroatoms. The maximum absolute atomic E-state index is 11.4. The van der Waals surface area contributed by atoms with Gasteiger partial charge in [-0.1, -0.05) is 81.4 Å². The Morgan fingerprint density at radius 1 is 0.424 bits per heavy atom. The summed E-state index contributed by atoms with van der Waals surface area (Å²) in [5.41, 5.74) is 16.7. The maximum Gasteiger partial charge on any atom is 0.356 e. The molecule has 132 heavy (non-hydrogen) atoms. The first-order valence-corrected chi connectivity index (χ1v) is 43.2. The molecule has 714 valence electrons. The van der Waals surface area contributed by atoms with Crippen molar-refractivity contribution in [3.63, 3.8) is 0 Å². The quantitative estimate of drug-likeness (QED) is 0.0173. The number of hydrogen-bond acceptors (Lipinski definition) is 30. The number of nitrogens with zero attached hydrogens (tertiary/aromatic N) is 10. The number of ether oxygens (including phenoxy) is 9. The molecule has 0 aliphatic heterocycles. The minimum atomic E-state index is -0.348. The Labute approximate surface area is 777 Å². The van der Waals surface area contributed by atoms with Crippen LogP contribution < -0.4 is 31.5 Å². The lowest BCUT2D eigenvalue weighted by Crippen LogP contribution is -2.10. The van der Waals surface area contributed by atoms with E-state index in [9.17, 15) is 38.4 Å². The van der Waals surface area contributed by atoms with E-state index in [1.165, 1.54) is 31.6 Å². The van der Waals surface area contributed by atoms with E-state index in [1.807, 2.05) is 178 Å². The molecule has 0 fully saturated rings. The molecule has 0 bridgehead atoms. The number of esters is 8. The standard InChI is InChI=1S/C12H13N3.2C11H15NO2.2C11H14O2.C10H13NO2.C9H14N2O2.C8H13N3O2.2C8H12N2O2/c1-9-14-7-6-12(15-9)10-4-3-5-11(8-10)13-2;1-4-14-11(13)9-6-5-7-10(8-9)12(2)3;1-4-10-7-9(6-8(3)12-10)11(13)14-5-2;1-4-9-5-8(2)6-10(7-9)11(12)13-3;1-3-9-6-5-7-10(8-9)11(12)13-4-2;1-3-9-7-8(5-6-11-9)10(12)13-4-2;1-4-11-6-7(10-2)5-8(11)9(12)13-3;1-4-13-8(12)6-5-7(9-2)10-11(6)3;1-9-6-4-7(8(11)12-3)10(2)5-6;1-4-11-6(2)7-5-8(9-3)10-12-7/h3-8,13H,1-2H3;5-8H,4H2,1-3H3;6-7H,4-5H2,1-3H3;5-7H,4H2,1-3H3;5-8H,3-4H2,1-2H3;5-7H,3-4H2,1-2H3;5-6,10H,4H2,1-3H3;5H,4H2,1-3H3,(H,9,10);4-5,9H,1-3H3;5H,2,4H2,1,3H3,(H,9,10). The van der Waals surface area contributed by atoms with Crippen LogP contribution in [0.4, 0.5) is 34.4 Å². The van der Waals surface area contributed by atoms with Crippen molar-refractivity contribution in [3.8, 4) is 11.3 Å². The average molecular weight is 1820 g/mol. The van der Waals surface area contributed by atoms with Gasteiger partial charge in [0.1, 0.15) is 28.7 Å². The molecule has 7 heterocycles. The van der Waals surface area contributed by atoms with Crippen LogP contribution in [0.5, 0.6) is 0 Å². The van der Waals surface area contributed by atoms with E-state index >= 15 is 0 Å². The minimum absolute atomic E-state index is 0.238. The summed E-state index contributed by atoms with van der Waals surface area (Å²) < 4.78 is 53.4. The van der Waals surface area contributed by atoms with Crippen LogP contribution in [-0.2, 0) is 89.0 Å². The molecule has 11 aromatic rings. The van der Waals surface area contributed by atoms with Crippen molar-refractivity contribution in [2.75, 3.05) is 142 Å². The molecule has 0 amide bonds. The van der Waals surface area contributed by atoms with Gasteiger partial charge in [0.2, 0.25) is 5.76 Å². The molecule has 5 N–H and O–H groups in total. The third-order valence-corrected chi connectivity index (χ3v) is 18.1. The first-order chi connectivity index (χ1) is 63.2. The van der Waals surface area contributed by atoms with Gasteiger partial charge >= 0.3 is 47.8 Å². The molecule has 33 nitrogen and oxygen atoms in total. The molecule has 0 saturated heterocycles. The maximum atomic E-state index is 11.4. The van der Waals surface area contributed by atoms with Crippen molar-refractivity contribution in [3.05, 3.63) is 267 Å². The Hall–Kier alpha value is -14.7. The summed E-state index contributed by atoms with van der Waals surface area (Å²) in [6.07, 6.45) is 10.6. The van der Waals surface area contributed by atoms with Crippen LogP contribution >= 0.6 is 0 Å². The number of anilines is 6. The Bertz CT molecular complexity index is 5300. The van der Waals surface area contributed by atoms with Gasteiger partial charge < -0.3 is 87.8 Å². The number of benzene rings is 4.